The van der Waals surface area contributed by atoms with Crippen molar-refractivity contribution in [3.8, 4) is 5.75 Å². The van der Waals surface area contributed by atoms with Gasteiger partial charge in [0.25, 0.3) is 5.91 Å². The third-order valence-electron chi connectivity index (χ3n) is 3.38. The average molecular weight is 301 g/mol. The van der Waals surface area contributed by atoms with Gasteiger partial charge in [-0.1, -0.05) is 37.3 Å². The summed E-state index contributed by atoms with van der Waals surface area (Å²) in [7, 11) is 0. The van der Waals surface area contributed by atoms with E-state index in [4.69, 9.17) is 4.74 Å². The molecular weight excluding hydrogens is 281 g/mol. The van der Waals surface area contributed by atoms with Gasteiger partial charge in [-0.05, 0) is 42.7 Å². The summed E-state index contributed by atoms with van der Waals surface area (Å²) in [6, 6.07) is 14.2. The van der Waals surface area contributed by atoms with Crippen LogP contribution in [0.5, 0.6) is 5.75 Å². The Balaban J connectivity index is 1.95. The van der Waals surface area contributed by atoms with E-state index in [2.05, 4.69) is 5.32 Å². The third kappa shape index (κ3) is 4.32. The lowest BCUT2D eigenvalue weighted by Crippen LogP contribution is -2.37. The van der Waals surface area contributed by atoms with E-state index < -0.39 is 6.10 Å². The van der Waals surface area contributed by atoms with Crippen LogP contribution in [-0.2, 0) is 11.3 Å². The van der Waals surface area contributed by atoms with Crippen LogP contribution < -0.4 is 10.1 Å². The van der Waals surface area contributed by atoms with Gasteiger partial charge in [0.1, 0.15) is 11.6 Å². The molecule has 2 aromatic rings. The Morgan fingerprint density at radius 2 is 1.95 bits per heavy atom. The molecular formula is C18H20FNO2. The molecule has 1 atom stereocenters. The molecule has 0 bridgehead atoms. The van der Waals surface area contributed by atoms with Gasteiger partial charge in [0.05, 0.1) is 0 Å². The van der Waals surface area contributed by atoms with Crippen LogP contribution in [0.15, 0.2) is 48.5 Å². The topological polar surface area (TPSA) is 38.3 Å². The fraction of sp³-hybridized carbons (Fsp3) is 0.278. The number of nitrogens with one attached hydrogen (secondary N) is 1. The van der Waals surface area contributed by atoms with Gasteiger partial charge in [-0.3, -0.25) is 4.79 Å². The van der Waals surface area contributed by atoms with E-state index >= 15 is 0 Å². The Kier molecular flexibility index (Phi) is 5.53. The molecule has 3 nitrogen and oxygen atoms in total. The van der Waals surface area contributed by atoms with Gasteiger partial charge in [0.2, 0.25) is 0 Å². The summed E-state index contributed by atoms with van der Waals surface area (Å²) >= 11 is 0. The molecule has 2 rings (SSSR count). The van der Waals surface area contributed by atoms with Gasteiger partial charge in [0.15, 0.2) is 6.10 Å². The van der Waals surface area contributed by atoms with Crippen molar-refractivity contribution in [1.82, 2.24) is 5.32 Å². The lowest BCUT2D eigenvalue weighted by Gasteiger charge is -2.17. The minimum atomic E-state index is -0.589. The molecule has 4 heteroatoms. The summed E-state index contributed by atoms with van der Waals surface area (Å²) in [4.78, 5) is 12.2. The minimum Gasteiger partial charge on any atom is -0.481 e. The zero-order chi connectivity index (χ0) is 15.9. The van der Waals surface area contributed by atoms with Gasteiger partial charge < -0.3 is 10.1 Å². The molecule has 0 aromatic heterocycles. The molecule has 0 aliphatic heterocycles. The Labute approximate surface area is 130 Å². The molecule has 0 aliphatic carbocycles. The molecule has 0 saturated carbocycles. The van der Waals surface area contributed by atoms with Crippen LogP contribution >= 0.6 is 0 Å². The fourth-order valence-corrected chi connectivity index (χ4v) is 2.08. The highest BCUT2D eigenvalue weighted by Crippen LogP contribution is 2.18. The van der Waals surface area contributed by atoms with Crippen LogP contribution in [0, 0.1) is 12.7 Å². The normalized spacial score (nSPS) is 11.8. The Morgan fingerprint density at radius 1 is 1.23 bits per heavy atom. The zero-order valence-corrected chi connectivity index (χ0v) is 12.8. The number of hydrogen-bond donors (Lipinski definition) is 1. The predicted octanol–water partition coefficient (Wildman–Crippen LogP) is 3.61. The van der Waals surface area contributed by atoms with E-state index in [0.717, 1.165) is 5.56 Å². The first-order chi connectivity index (χ1) is 10.6. The smallest absolute Gasteiger partial charge is 0.261 e. The number of aryl methyl sites for hydroxylation is 1. The van der Waals surface area contributed by atoms with Crippen LogP contribution in [0.3, 0.4) is 0 Å². The highest BCUT2D eigenvalue weighted by molar-refractivity contribution is 5.81. The van der Waals surface area contributed by atoms with E-state index in [9.17, 15) is 9.18 Å². The van der Waals surface area contributed by atoms with Crippen molar-refractivity contribution in [2.24, 2.45) is 0 Å². The maximum absolute atomic E-state index is 13.3. The van der Waals surface area contributed by atoms with E-state index in [1.54, 1.807) is 13.0 Å². The first-order valence-electron chi connectivity index (χ1n) is 7.34. The summed E-state index contributed by atoms with van der Waals surface area (Å²) in [5.41, 5.74) is 1.53. The van der Waals surface area contributed by atoms with Crippen LogP contribution in [0.1, 0.15) is 24.5 Å². The molecule has 1 unspecified atom stereocenters. The van der Waals surface area contributed by atoms with E-state index in [1.165, 1.54) is 12.1 Å². The Bertz CT molecular complexity index is 628. The van der Waals surface area contributed by atoms with Crippen LogP contribution in [0.25, 0.3) is 0 Å². The number of amides is 1. The standard InChI is InChI=1S/C18H20FNO2/c1-3-17(22-15-9-10-16(19)13(2)11-15)18(21)20-12-14-7-5-4-6-8-14/h4-11,17H,3,12H2,1-2H3,(H,20,21). The summed E-state index contributed by atoms with van der Waals surface area (Å²) in [6.07, 6.45) is -0.0505. The zero-order valence-electron chi connectivity index (χ0n) is 12.8. The third-order valence-corrected chi connectivity index (χ3v) is 3.38. The maximum atomic E-state index is 13.3. The van der Waals surface area contributed by atoms with Crippen molar-refractivity contribution in [2.75, 3.05) is 0 Å². The predicted molar refractivity (Wildman–Crippen MR) is 84.1 cm³/mol. The lowest BCUT2D eigenvalue weighted by atomic mass is 10.2. The molecule has 1 N–H and O–H groups in total. The first kappa shape index (κ1) is 16.0. The average Bonchev–Trinajstić information content (AvgIpc) is 2.54. The SMILES string of the molecule is CCC(Oc1ccc(F)c(C)c1)C(=O)NCc1ccccc1. The van der Waals surface area contributed by atoms with Crippen molar-refractivity contribution in [3.05, 3.63) is 65.5 Å². The van der Waals surface area contributed by atoms with Crippen LogP contribution in [0.2, 0.25) is 0 Å². The molecule has 0 spiro atoms. The van der Waals surface area contributed by atoms with Crippen molar-refractivity contribution < 1.29 is 13.9 Å². The number of rotatable bonds is 6. The van der Waals surface area contributed by atoms with Crippen molar-refractivity contribution in [2.45, 2.75) is 32.9 Å². The van der Waals surface area contributed by atoms with E-state index in [-0.39, 0.29) is 11.7 Å². The first-order valence-corrected chi connectivity index (χ1v) is 7.34. The van der Waals surface area contributed by atoms with Crippen molar-refractivity contribution >= 4 is 5.91 Å². The van der Waals surface area contributed by atoms with E-state index in [0.29, 0.717) is 24.3 Å². The number of benzene rings is 2. The highest BCUT2D eigenvalue weighted by Gasteiger charge is 2.18. The molecule has 0 heterocycles. The lowest BCUT2D eigenvalue weighted by molar-refractivity contribution is -0.128. The van der Waals surface area contributed by atoms with Crippen LogP contribution in [0.4, 0.5) is 4.39 Å². The number of carbonyl (C=O) groups is 1. The molecule has 1 amide bonds. The molecule has 0 saturated heterocycles. The molecule has 0 radical (unpaired) electrons. The van der Waals surface area contributed by atoms with Crippen LogP contribution in [-0.4, -0.2) is 12.0 Å². The largest absolute Gasteiger partial charge is 0.481 e. The van der Waals surface area contributed by atoms with Crippen molar-refractivity contribution in [1.29, 1.82) is 0 Å². The molecule has 2 aromatic carbocycles. The van der Waals surface area contributed by atoms with Gasteiger partial charge in [-0.15, -0.1) is 0 Å². The summed E-state index contributed by atoms with van der Waals surface area (Å²) in [5.74, 6) is 0.0443. The highest BCUT2D eigenvalue weighted by atomic mass is 19.1. The monoisotopic (exact) mass is 301 g/mol. The van der Waals surface area contributed by atoms with E-state index in [1.807, 2.05) is 37.3 Å². The second kappa shape index (κ2) is 7.59. The maximum Gasteiger partial charge on any atom is 0.261 e. The molecule has 116 valence electrons. The Hall–Kier alpha value is -2.36. The second-order valence-electron chi connectivity index (χ2n) is 5.13. The molecule has 0 aliphatic rings. The summed E-state index contributed by atoms with van der Waals surface area (Å²) < 4.78 is 18.9. The van der Waals surface area contributed by atoms with Crippen molar-refractivity contribution in [3.63, 3.8) is 0 Å². The number of ether oxygens (including phenoxy) is 1. The molecule has 0 fully saturated rings. The quantitative estimate of drug-likeness (QED) is 0.885. The van der Waals surface area contributed by atoms with Gasteiger partial charge in [-0.2, -0.15) is 0 Å². The Morgan fingerprint density at radius 3 is 2.59 bits per heavy atom. The summed E-state index contributed by atoms with van der Waals surface area (Å²) in [6.45, 7) is 4.00. The number of hydrogen-bond acceptors (Lipinski definition) is 2. The summed E-state index contributed by atoms with van der Waals surface area (Å²) in [5, 5.41) is 2.86. The molecule has 22 heavy (non-hydrogen) atoms. The fourth-order valence-electron chi connectivity index (χ4n) is 2.08. The van der Waals surface area contributed by atoms with Gasteiger partial charge >= 0.3 is 0 Å². The number of halogens is 1. The second-order valence-corrected chi connectivity index (χ2v) is 5.13. The minimum absolute atomic E-state index is 0.173. The van der Waals surface area contributed by atoms with Gasteiger partial charge in [-0.25, -0.2) is 4.39 Å². The van der Waals surface area contributed by atoms with Gasteiger partial charge in [0, 0.05) is 6.54 Å². The number of carbonyl (C=O) groups excluding carboxylic acids is 1.